The summed E-state index contributed by atoms with van der Waals surface area (Å²) in [6.45, 7) is 1.92. The second-order valence-electron chi connectivity index (χ2n) is 5.19. The summed E-state index contributed by atoms with van der Waals surface area (Å²) < 4.78 is 12.3. The molecule has 1 fully saturated rings. The van der Waals surface area contributed by atoms with Gasteiger partial charge in [0.25, 0.3) is 5.91 Å². The fourth-order valence-electron chi connectivity index (χ4n) is 2.44. The first-order chi connectivity index (χ1) is 10.8. The highest BCUT2D eigenvalue weighted by Crippen LogP contribution is 2.17. The van der Waals surface area contributed by atoms with Gasteiger partial charge >= 0.3 is 0 Å². The van der Waals surface area contributed by atoms with Crippen molar-refractivity contribution in [1.82, 2.24) is 14.7 Å². The molecule has 6 nitrogen and oxygen atoms in total. The van der Waals surface area contributed by atoms with E-state index in [9.17, 15) is 4.79 Å². The Balaban J connectivity index is 1.57. The molecule has 1 aromatic heterocycles. The van der Waals surface area contributed by atoms with Crippen molar-refractivity contribution in [2.24, 2.45) is 0 Å². The zero-order valence-electron chi connectivity index (χ0n) is 12.6. The van der Waals surface area contributed by atoms with Crippen LogP contribution in [0, 0.1) is 0 Å². The van der Waals surface area contributed by atoms with Gasteiger partial charge in [0.05, 0.1) is 7.11 Å². The number of nitrogens with zero attached hydrogens (tertiary/aromatic N) is 3. The Hall–Kier alpha value is -2.50. The molecule has 6 heteroatoms. The number of amides is 1. The molecule has 0 saturated carbocycles. The van der Waals surface area contributed by atoms with Gasteiger partial charge in [-0.15, -0.1) is 0 Å². The molecular formula is C16H19N3O3. The minimum absolute atomic E-state index is 0.000646. The van der Waals surface area contributed by atoms with E-state index in [0.717, 1.165) is 37.4 Å². The van der Waals surface area contributed by atoms with Gasteiger partial charge < -0.3 is 14.4 Å². The van der Waals surface area contributed by atoms with E-state index in [0.29, 0.717) is 5.69 Å². The van der Waals surface area contributed by atoms with Crippen LogP contribution in [-0.4, -0.2) is 40.8 Å². The van der Waals surface area contributed by atoms with Crippen LogP contribution in [0.1, 0.15) is 23.3 Å². The number of hydrogen-bond donors (Lipinski definition) is 0. The average molecular weight is 301 g/mol. The fourth-order valence-corrected chi connectivity index (χ4v) is 2.44. The van der Waals surface area contributed by atoms with E-state index >= 15 is 0 Å². The number of carbonyl (C=O) groups excluding carboxylic acids is 1. The molecule has 0 unspecified atom stereocenters. The summed E-state index contributed by atoms with van der Waals surface area (Å²) in [5, 5.41) is 4.28. The number of rotatable bonds is 5. The van der Waals surface area contributed by atoms with E-state index in [4.69, 9.17) is 9.47 Å². The third-order valence-electron chi connectivity index (χ3n) is 3.68. The maximum absolute atomic E-state index is 12.2. The van der Waals surface area contributed by atoms with E-state index in [1.54, 1.807) is 24.1 Å². The quantitative estimate of drug-likeness (QED) is 0.849. The minimum Gasteiger partial charge on any atom is -0.497 e. The molecule has 1 aliphatic heterocycles. The Kier molecular flexibility index (Phi) is 4.27. The molecule has 0 bridgehead atoms. The number of methoxy groups -OCH3 is 1. The smallest absolute Gasteiger partial charge is 0.274 e. The highest BCUT2D eigenvalue weighted by atomic mass is 16.5. The Morgan fingerprint density at radius 3 is 2.50 bits per heavy atom. The minimum atomic E-state index is 0.000646. The maximum atomic E-state index is 12.2. The Bertz CT molecular complexity index is 630. The number of benzene rings is 1. The molecule has 1 saturated heterocycles. The zero-order valence-corrected chi connectivity index (χ0v) is 12.6. The summed E-state index contributed by atoms with van der Waals surface area (Å²) in [5.41, 5.74) is 0.472. The second-order valence-corrected chi connectivity index (χ2v) is 5.19. The third-order valence-corrected chi connectivity index (χ3v) is 3.68. The van der Waals surface area contributed by atoms with Gasteiger partial charge in [-0.1, -0.05) is 0 Å². The van der Waals surface area contributed by atoms with Crippen molar-refractivity contribution in [2.45, 2.75) is 19.6 Å². The number of hydrogen-bond acceptors (Lipinski definition) is 4. The molecule has 22 heavy (non-hydrogen) atoms. The molecule has 0 N–H and O–H groups in total. The first kappa shape index (κ1) is 14.4. The first-order valence-corrected chi connectivity index (χ1v) is 7.36. The molecule has 2 aromatic rings. The molecule has 0 atom stereocenters. The maximum Gasteiger partial charge on any atom is 0.274 e. The second kappa shape index (κ2) is 6.51. The predicted molar refractivity (Wildman–Crippen MR) is 81.0 cm³/mol. The molecule has 2 heterocycles. The van der Waals surface area contributed by atoms with Gasteiger partial charge in [0.15, 0.2) is 12.4 Å². The van der Waals surface area contributed by atoms with Crippen molar-refractivity contribution in [3.8, 4) is 11.5 Å². The summed E-state index contributed by atoms with van der Waals surface area (Å²) in [6.07, 6.45) is 3.91. The van der Waals surface area contributed by atoms with Crippen molar-refractivity contribution in [1.29, 1.82) is 0 Å². The molecule has 1 aromatic carbocycles. The summed E-state index contributed by atoms with van der Waals surface area (Å²) in [5.74, 6) is 1.51. The predicted octanol–water partition coefficient (Wildman–Crippen LogP) is 2.16. The lowest BCUT2D eigenvalue weighted by Crippen LogP contribution is -2.28. The van der Waals surface area contributed by atoms with Crippen LogP contribution in [0.4, 0.5) is 0 Å². The van der Waals surface area contributed by atoms with Gasteiger partial charge in [0, 0.05) is 19.3 Å². The van der Waals surface area contributed by atoms with Crippen LogP contribution in [0.25, 0.3) is 0 Å². The average Bonchev–Trinajstić information content (AvgIpc) is 3.24. The first-order valence-electron chi connectivity index (χ1n) is 7.36. The van der Waals surface area contributed by atoms with Crippen LogP contribution in [0.5, 0.6) is 11.5 Å². The normalized spacial score (nSPS) is 14.1. The lowest BCUT2D eigenvalue weighted by atomic mass is 10.3. The van der Waals surface area contributed by atoms with Crippen LogP contribution < -0.4 is 9.47 Å². The molecule has 1 aliphatic rings. The van der Waals surface area contributed by atoms with Crippen molar-refractivity contribution in [2.75, 3.05) is 20.2 Å². The number of ether oxygens (including phenoxy) is 2. The number of carbonyl (C=O) groups is 1. The van der Waals surface area contributed by atoms with Crippen molar-refractivity contribution >= 4 is 5.91 Å². The molecule has 3 rings (SSSR count). The Morgan fingerprint density at radius 1 is 1.14 bits per heavy atom. The molecular weight excluding hydrogens is 282 g/mol. The molecule has 0 spiro atoms. The summed E-state index contributed by atoms with van der Waals surface area (Å²) in [7, 11) is 1.62. The van der Waals surface area contributed by atoms with Gasteiger partial charge in [-0.3, -0.25) is 4.79 Å². The van der Waals surface area contributed by atoms with Crippen molar-refractivity contribution in [3.63, 3.8) is 0 Å². The Morgan fingerprint density at radius 2 is 1.82 bits per heavy atom. The Labute approximate surface area is 129 Å². The molecule has 0 radical (unpaired) electrons. The van der Waals surface area contributed by atoms with Gasteiger partial charge in [0.2, 0.25) is 0 Å². The van der Waals surface area contributed by atoms with Crippen LogP contribution in [0.3, 0.4) is 0 Å². The highest BCUT2D eigenvalue weighted by Gasteiger charge is 2.21. The van der Waals surface area contributed by atoms with Crippen LogP contribution in [0.15, 0.2) is 36.5 Å². The molecule has 116 valence electrons. The summed E-state index contributed by atoms with van der Waals surface area (Å²) >= 11 is 0. The van der Waals surface area contributed by atoms with E-state index < -0.39 is 0 Å². The highest BCUT2D eigenvalue weighted by molar-refractivity contribution is 5.92. The van der Waals surface area contributed by atoms with Gasteiger partial charge in [0.1, 0.15) is 11.5 Å². The van der Waals surface area contributed by atoms with Gasteiger partial charge in [-0.05, 0) is 43.2 Å². The lowest BCUT2D eigenvalue weighted by Gasteiger charge is -2.12. The zero-order chi connectivity index (χ0) is 15.4. The topological polar surface area (TPSA) is 56.6 Å². The van der Waals surface area contributed by atoms with E-state index in [-0.39, 0.29) is 12.6 Å². The largest absolute Gasteiger partial charge is 0.497 e. The summed E-state index contributed by atoms with van der Waals surface area (Å²) in [4.78, 5) is 14.0. The van der Waals surface area contributed by atoms with Gasteiger partial charge in [-0.25, -0.2) is 4.68 Å². The monoisotopic (exact) mass is 301 g/mol. The van der Waals surface area contributed by atoms with Crippen molar-refractivity contribution in [3.05, 3.63) is 42.2 Å². The third kappa shape index (κ3) is 3.21. The van der Waals surface area contributed by atoms with Crippen LogP contribution >= 0.6 is 0 Å². The van der Waals surface area contributed by atoms with Gasteiger partial charge in [-0.2, -0.15) is 5.10 Å². The van der Waals surface area contributed by atoms with E-state index in [2.05, 4.69) is 5.10 Å². The number of aromatic nitrogens is 2. The van der Waals surface area contributed by atoms with E-state index in [1.807, 2.05) is 29.2 Å². The van der Waals surface area contributed by atoms with Crippen LogP contribution in [-0.2, 0) is 6.73 Å². The molecule has 0 aliphatic carbocycles. The van der Waals surface area contributed by atoms with Crippen LogP contribution in [0.2, 0.25) is 0 Å². The van der Waals surface area contributed by atoms with E-state index in [1.165, 1.54) is 0 Å². The summed E-state index contributed by atoms with van der Waals surface area (Å²) in [6, 6.07) is 9.07. The van der Waals surface area contributed by atoms with Crippen molar-refractivity contribution < 1.29 is 14.3 Å². The lowest BCUT2D eigenvalue weighted by molar-refractivity contribution is 0.0785. The fraction of sp³-hybridized carbons (Fsp3) is 0.375. The SMILES string of the molecule is COc1ccc(OCn2ccc(C(=O)N3CCCC3)n2)cc1. The standard InChI is InChI=1S/C16H19N3O3/c1-21-13-4-6-14(7-5-13)22-12-19-11-8-15(17-19)16(20)18-9-2-3-10-18/h4-8,11H,2-3,9-10,12H2,1H3. The number of likely N-dealkylation sites (tertiary alicyclic amines) is 1. The molecule has 1 amide bonds.